The third kappa shape index (κ3) is 4.32. The van der Waals surface area contributed by atoms with E-state index in [0.29, 0.717) is 22.1 Å². The van der Waals surface area contributed by atoms with Gasteiger partial charge in [0.25, 0.3) is 5.69 Å². The molecule has 28 heavy (non-hydrogen) atoms. The van der Waals surface area contributed by atoms with Gasteiger partial charge in [0, 0.05) is 30.2 Å². The summed E-state index contributed by atoms with van der Waals surface area (Å²) in [6, 6.07) is 15.8. The van der Waals surface area contributed by atoms with Gasteiger partial charge in [-0.3, -0.25) is 14.9 Å². The maximum atomic E-state index is 12.2. The third-order valence-corrected chi connectivity index (χ3v) is 5.49. The number of nitro groups is 1. The van der Waals surface area contributed by atoms with Crippen LogP contribution >= 0.6 is 11.8 Å². The maximum absolute atomic E-state index is 12.2. The Morgan fingerprint density at radius 2 is 1.93 bits per heavy atom. The van der Waals surface area contributed by atoms with E-state index in [-0.39, 0.29) is 23.9 Å². The summed E-state index contributed by atoms with van der Waals surface area (Å²) in [6.07, 6.45) is 0.205. The van der Waals surface area contributed by atoms with Gasteiger partial charge in [-0.15, -0.1) is 11.8 Å². The van der Waals surface area contributed by atoms with Crippen LogP contribution in [0.2, 0.25) is 0 Å². The van der Waals surface area contributed by atoms with Crippen molar-refractivity contribution < 1.29 is 14.5 Å². The molecule has 0 saturated heterocycles. The average molecular weight is 395 g/mol. The highest BCUT2D eigenvalue weighted by atomic mass is 32.2. The minimum Gasteiger partial charge on any atom is -0.497 e. The number of benzene rings is 2. The second kappa shape index (κ2) is 8.59. The highest BCUT2D eigenvalue weighted by Crippen LogP contribution is 2.37. The largest absolute Gasteiger partial charge is 0.497 e. The Bertz CT molecular complexity index is 962. The van der Waals surface area contributed by atoms with Crippen molar-refractivity contribution >= 4 is 23.4 Å². The average Bonchev–Trinajstić information content (AvgIpc) is 2.72. The number of amides is 1. The second-order valence-corrected chi connectivity index (χ2v) is 7.13. The first-order chi connectivity index (χ1) is 13.5. The zero-order valence-electron chi connectivity index (χ0n) is 15.0. The number of nitriles is 1. The number of nitrogens with one attached hydrogen (secondary N) is 1. The van der Waals surface area contributed by atoms with Gasteiger partial charge in [0.2, 0.25) is 5.91 Å². The summed E-state index contributed by atoms with van der Waals surface area (Å²) in [4.78, 5) is 22.5. The van der Waals surface area contributed by atoms with Crippen LogP contribution in [0.5, 0.6) is 5.75 Å². The van der Waals surface area contributed by atoms with Gasteiger partial charge in [-0.25, -0.2) is 0 Å². The molecule has 142 valence electrons. The normalized spacial score (nSPS) is 16.3. The fourth-order valence-corrected chi connectivity index (χ4v) is 3.96. The lowest BCUT2D eigenvalue weighted by Crippen LogP contribution is -2.30. The predicted molar refractivity (Wildman–Crippen MR) is 106 cm³/mol. The smallest absolute Gasteiger partial charge is 0.269 e. The van der Waals surface area contributed by atoms with Crippen molar-refractivity contribution in [2.24, 2.45) is 0 Å². The highest BCUT2D eigenvalue weighted by molar-refractivity contribution is 8.02. The molecule has 8 heteroatoms. The zero-order chi connectivity index (χ0) is 20.1. The Morgan fingerprint density at radius 3 is 2.50 bits per heavy atom. The van der Waals surface area contributed by atoms with E-state index in [1.54, 1.807) is 31.4 Å². The van der Waals surface area contributed by atoms with Crippen LogP contribution in [0.1, 0.15) is 23.5 Å². The van der Waals surface area contributed by atoms with E-state index >= 15 is 0 Å². The van der Waals surface area contributed by atoms with Gasteiger partial charge in [-0.05, 0) is 23.3 Å². The summed E-state index contributed by atoms with van der Waals surface area (Å²) in [6.45, 7) is 0. The van der Waals surface area contributed by atoms with Crippen molar-refractivity contribution in [1.82, 2.24) is 5.32 Å². The number of nitrogens with zero attached hydrogens (tertiary/aromatic N) is 2. The molecular formula is C20H17N3O4S. The van der Waals surface area contributed by atoms with Gasteiger partial charge in [-0.1, -0.05) is 24.3 Å². The van der Waals surface area contributed by atoms with Crippen molar-refractivity contribution in [2.75, 3.05) is 7.11 Å². The number of thioether (sulfide) groups is 1. The Morgan fingerprint density at radius 1 is 1.25 bits per heavy atom. The molecule has 1 N–H and O–H groups in total. The number of nitro benzene ring substituents is 1. The first-order valence-electron chi connectivity index (χ1n) is 8.46. The summed E-state index contributed by atoms with van der Waals surface area (Å²) < 4.78 is 5.16. The van der Waals surface area contributed by atoms with Crippen LogP contribution in [0.25, 0.3) is 0 Å². The van der Waals surface area contributed by atoms with Gasteiger partial charge in [0.05, 0.1) is 28.7 Å². The number of hydrogen-bond acceptors (Lipinski definition) is 6. The van der Waals surface area contributed by atoms with E-state index in [1.165, 1.54) is 23.9 Å². The summed E-state index contributed by atoms with van der Waals surface area (Å²) in [5, 5.41) is 23.8. The molecule has 1 amide bonds. The van der Waals surface area contributed by atoms with E-state index in [4.69, 9.17) is 4.74 Å². The summed E-state index contributed by atoms with van der Waals surface area (Å²) in [5.41, 5.74) is 2.27. The molecule has 0 aromatic heterocycles. The SMILES string of the molecule is COc1ccc([C@@H]2CC(=O)NC(SCc3ccc([N+](=O)[O-])cc3)=C2C#N)cc1. The van der Waals surface area contributed by atoms with Gasteiger partial charge in [0.15, 0.2) is 0 Å². The molecule has 1 heterocycles. The molecule has 2 aromatic rings. The molecule has 3 rings (SSSR count). The standard InChI is InChI=1S/C20H17N3O4S/c1-27-16-8-4-14(5-9-16)17-10-19(24)22-20(18(17)11-21)28-12-13-2-6-15(7-3-13)23(25)26/h2-9,17H,10,12H2,1H3,(H,22,24)/t17-/m0/s1. The number of rotatable bonds is 6. The number of carbonyl (C=O) groups is 1. The molecule has 0 unspecified atom stereocenters. The molecule has 2 aromatic carbocycles. The van der Waals surface area contributed by atoms with E-state index in [0.717, 1.165) is 11.1 Å². The second-order valence-electron chi connectivity index (χ2n) is 6.14. The quantitative estimate of drug-likeness (QED) is 0.588. The van der Waals surface area contributed by atoms with Gasteiger partial charge >= 0.3 is 0 Å². The van der Waals surface area contributed by atoms with E-state index in [9.17, 15) is 20.2 Å². The van der Waals surface area contributed by atoms with Crippen LogP contribution in [-0.2, 0) is 10.5 Å². The molecule has 1 aliphatic rings. The minimum atomic E-state index is -0.450. The highest BCUT2D eigenvalue weighted by Gasteiger charge is 2.29. The summed E-state index contributed by atoms with van der Waals surface area (Å²) in [7, 11) is 1.58. The number of methoxy groups -OCH3 is 1. The number of hydrogen-bond donors (Lipinski definition) is 1. The van der Waals surface area contributed by atoms with E-state index in [2.05, 4.69) is 11.4 Å². The van der Waals surface area contributed by atoms with Crippen LogP contribution in [0.15, 0.2) is 59.1 Å². The van der Waals surface area contributed by atoms with Crippen LogP contribution in [0, 0.1) is 21.4 Å². The molecule has 1 aliphatic heterocycles. The third-order valence-electron chi connectivity index (χ3n) is 4.40. The number of allylic oxidation sites excluding steroid dienone is 1. The lowest BCUT2D eigenvalue weighted by Gasteiger charge is -2.25. The number of carbonyl (C=O) groups excluding carboxylic acids is 1. The van der Waals surface area contributed by atoms with Gasteiger partial charge < -0.3 is 10.1 Å². The molecule has 7 nitrogen and oxygen atoms in total. The Kier molecular flexibility index (Phi) is 5.96. The number of non-ortho nitro benzene ring substituents is 1. The van der Waals surface area contributed by atoms with Crippen LogP contribution in [0.4, 0.5) is 5.69 Å². The summed E-state index contributed by atoms with van der Waals surface area (Å²) >= 11 is 1.34. The fraction of sp³-hybridized carbons (Fsp3) is 0.200. The molecular weight excluding hydrogens is 378 g/mol. The van der Waals surface area contributed by atoms with E-state index in [1.807, 2.05) is 12.1 Å². The molecule has 0 fully saturated rings. The lowest BCUT2D eigenvalue weighted by atomic mass is 9.87. The first-order valence-corrected chi connectivity index (χ1v) is 9.44. The van der Waals surface area contributed by atoms with Crippen molar-refractivity contribution in [3.63, 3.8) is 0 Å². The van der Waals surface area contributed by atoms with Gasteiger partial charge in [-0.2, -0.15) is 5.26 Å². The molecule has 0 aliphatic carbocycles. The van der Waals surface area contributed by atoms with Gasteiger partial charge in [0.1, 0.15) is 5.75 Å². The molecule has 0 bridgehead atoms. The summed E-state index contributed by atoms with van der Waals surface area (Å²) in [5.74, 6) is 0.725. The predicted octanol–water partition coefficient (Wildman–Crippen LogP) is 3.88. The van der Waals surface area contributed by atoms with Crippen molar-refractivity contribution in [3.05, 3.63) is 80.4 Å². The van der Waals surface area contributed by atoms with E-state index < -0.39 is 4.92 Å². The molecule has 1 atom stereocenters. The monoisotopic (exact) mass is 395 g/mol. The molecule has 0 spiro atoms. The lowest BCUT2D eigenvalue weighted by molar-refractivity contribution is -0.384. The first kappa shape index (κ1) is 19.5. The Labute approximate surface area is 166 Å². The zero-order valence-corrected chi connectivity index (χ0v) is 15.9. The van der Waals surface area contributed by atoms with Crippen molar-refractivity contribution in [3.8, 4) is 11.8 Å². The van der Waals surface area contributed by atoms with Crippen LogP contribution in [-0.4, -0.2) is 17.9 Å². The molecule has 0 radical (unpaired) electrons. The van der Waals surface area contributed by atoms with Crippen LogP contribution < -0.4 is 10.1 Å². The fourth-order valence-electron chi connectivity index (χ4n) is 2.92. The van der Waals surface area contributed by atoms with Crippen molar-refractivity contribution in [1.29, 1.82) is 5.26 Å². The molecule has 0 saturated carbocycles. The van der Waals surface area contributed by atoms with Crippen molar-refractivity contribution in [2.45, 2.75) is 18.1 Å². The topological polar surface area (TPSA) is 105 Å². The minimum absolute atomic E-state index is 0.0243. The Balaban J connectivity index is 1.82. The Hall–Kier alpha value is -3.31. The van der Waals surface area contributed by atoms with Crippen LogP contribution in [0.3, 0.4) is 0 Å². The maximum Gasteiger partial charge on any atom is 0.269 e. The number of ether oxygens (including phenoxy) is 1.